The highest BCUT2D eigenvalue weighted by Gasteiger charge is 2.26. The first-order chi connectivity index (χ1) is 19.6. The van der Waals surface area contributed by atoms with Gasteiger partial charge in [0, 0.05) is 17.1 Å². The van der Waals surface area contributed by atoms with Crippen LogP contribution in [0.15, 0.2) is 59.1 Å². The second kappa shape index (κ2) is 10.2. The minimum absolute atomic E-state index is 0.101. The number of fused-ring (bicyclic) bond motifs is 2. The summed E-state index contributed by atoms with van der Waals surface area (Å²) < 4.78 is 23.6. The molecule has 0 saturated heterocycles. The van der Waals surface area contributed by atoms with Crippen LogP contribution in [0.25, 0.3) is 38.2 Å². The molecule has 0 spiro atoms. The van der Waals surface area contributed by atoms with Crippen molar-refractivity contribution in [3.05, 3.63) is 86.8 Å². The van der Waals surface area contributed by atoms with E-state index in [2.05, 4.69) is 15.0 Å². The number of nitrogens with zero attached hydrogens (tertiary/aromatic N) is 6. The van der Waals surface area contributed by atoms with Gasteiger partial charge in [0.2, 0.25) is 0 Å². The monoisotopic (exact) mass is 589 g/mol. The zero-order chi connectivity index (χ0) is 29.0. The molecule has 0 radical (unpaired) electrons. The lowest BCUT2D eigenvalue weighted by Gasteiger charge is -2.18. The summed E-state index contributed by atoms with van der Waals surface area (Å²) in [6, 6.07) is 10.5. The van der Waals surface area contributed by atoms with Crippen LogP contribution in [0, 0.1) is 12.7 Å². The van der Waals surface area contributed by atoms with Crippen molar-refractivity contribution in [2.24, 2.45) is 0 Å². The standard InChI is InChI=1S/C29H25ClFN7O2S/c1-14(2)40-28-20(31)9-18(11-33-28)25-24-26(32)34-13-35-27(24)38(36-25)16(4)19-10-22-37(21(30)12-41-22)29(39)23(19)17-7-5-6-15(3)8-17/h5-14,16H,1-4H3,(H2,32,34,35)/t16-/m1/s1. The van der Waals surface area contributed by atoms with Crippen LogP contribution in [0.2, 0.25) is 5.15 Å². The molecular formula is C29H25ClFN7O2S. The Labute approximate surface area is 243 Å². The Morgan fingerprint density at radius 1 is 1.10 bits per heavy atom. The maximum Gasteiger partial charge on any atom is 0.265 e. The third-order valence-electron chi connectivity index (χ3n) is 6.77. The Bertz CT molecular complexity index is 2020. The van der Waals surface area contributed by atoms with Gasteiger partial charge in [-0.25, -0.2) is 24.0 Å². The summed E-state index contributed by atoms with van der Waals surface area (Å²) in [5.74, 6) is -0.542. The summed E-state index contributed by atoms with van der Waals surface area (Å²) in [4.78, 5) is 27.4. The molecule has 5 aromatic heterocycles. The summed E-state index contributed by atoms with van der Waals surface area (Å²) in [5.41, 5.74) is 10.2. The first-order valence-electron chi connectivity index (χ1n) is 12.8. The number of benzene rings is 1. The van der Waals surface area contributed by atoms with Crippen LogP contribution >= 0.6 is 22.9 Å². The summed E-state index contributed by atoms with van der Waals surface area (Å²) in [5, 5.41) is 7.38. The third-order valence-corrected chi connectivity index (χ3v) is 8.06. The van der Waals surface area contributed by atoms with Crippen LogP contribution in [0.3, 0.4) is 0 Å². The van der Waals surface area contributed by atoms with Crippen LogP contribution in [0.5, 0.6) is 5.88 Å². The molecule has 6 aromatic rings. The predicted molar refractivity (Wildman–Crippen MR) is 159 cm³/mol. The number of nitrogens with two attached hydrogens (primary N) is 1. The van der Waals surface area contributed by atoms with E-state index in [0.29, 0.717) is 37.8 Å². The fraction of sp³-hybridized carbons (Fsp3) is 0.207. The number of hydrogen-bond donors (Lipinski definition) is 1. The zero-order valence-corrected chi connectivity index (χ0v) is 24.2. The van der Waals surface area contributed by atoms with E-state index in [1.165, 1.54) is 34.3 Å². The Morgan fingerprint density at radius 3 is 2.63 bits per heavy atom. The quantitative estimate of drug-likeness (QED) is 0.242. The van der Waals surface area contributed by atoms with Gasteiger partial charge in [0.1, 0.15) is 27.8 Å². The van der Waals surface area contributed by atoms with Gasteiger partial charge in [-0.05, 0) is 51.0 Å². The highest BCUT2D eigenvalue weighted by atomic mass is 35.5. The number of ether oxygens (including phenoxy) is 1. The number of nitrogen functional groups attached to an aromatic ring is 1. The first kappa shape index (κ1) is 26.9. The summed E-state index contributed by atoms with van der Waals surface area (Å²) in [6.45, 7) is 7.48. The second-order valence-electron chi connectivity index (χ2n) is 9.99. The van der Waals surface area contributed by atoms with Crippen LogP contribution in [-0.4, -0.2) is 35.2 Å². The lowest BCUT2D eigenvalue weighted by molar-refractivity contribution is 0.221. The van der Waals surface area contributed by atoms with Crippen molar-refractivity contribution in [1.29, 1.82) is 0 Å². The molecule has 1 aromatic carbocycles. The SMILES string of the molecule is Cc1cccc(-c2c([C@@H](C)n3nc(-c4cnc(OC(C)C)c(F)c4)c4c(N)ncnc43)cc3scc(Cl)n3c2=O)c1. The Hall–Kier alpha value is -4.35. The van der Waals surface area contributed by atoms with Crippen molar-refractivity contribution >= 4 is 44.6 Å². The molecule has 0 unspecified atom stereocenters. The maximum absolute atomic E-state index is 15.0. The predicted octanol–water partition coefficient (Wildman–Crippen LogP) is 6.31. The number of pyridine rings is 2. The zero-order valence-electron chi connectivity index (χ0n) is 22.6. The lowest BCUT2D eigenvalue weighted by Crippen LogP contribution is -2.20. The molecule has 0 aliphatic carbocycles. The number of thiazole rings is 1. The van der Waals surface area contributed by atoms with Gasteiger partial charge in [-0.3, -0.25) is 9.20 Å². The van der Waals surface area contributed by atoms with Gasteiger partial charge in [-0.1, -0.05) is 41.4 Å². The Morgan fingerprint density at radius 2 is 1.90 bits per heavy atom. The van der Waals surface area contributed by atoms with Gasteiger partial charge in [0.25, 0.3) is 11.4 Å². The minimum Gasteiger partial charge on any atom is -0.473 e. The molecule has 0 bridgehead atoms. The van der Waals surface area contributed by atoms with E-state index in [0.717, 1.165) is 16.7 Å². The van der Waals surface area contributed by atoms with E-state index in [1.807, 2.05) is 44.2 Å². The third kappa shape index (κ3) is 4.60. The van der Waals surface area contributed by atoms with Gasteiger partial charge in [0.15, 0.2) is 11.5 Å². The molecule has 0 aliphatic heterocycles. The summed E-state index contributed by atoms with van der Waals surface area (Å²) in [7, 11) is 0. The smallest absolute Gasteiger partial charge is 0.265 e. The van der Waals surface area contributed by atoms with Crippen molar-refractivity contribution < 1.29 is 9.13 Å². The van der Waals surface area contributed by atoms with Gasteiger partial charge in [0.05, 0.1) is 23.1 Å². The van der Waals surface area contributed by atoms with Gasteiger partial charge in [-0.2, -0.15) is 5.10 Å². The molecule has 1 atom stereocenters. The van der Waals surface area contributed by atoms with Crippen molar-refractivity contribution in [2.75, 3.05) is 5.73 Å². The molecule has 0 fully saturated rings. The Kier molecular flexibility index (Phi) is 6.71. The number of aryl methyl sites for hydroxylation is 1. The van der Waals surface area contributed by atoms with Crippen LogP contribution in [0.4, 0.5) is 10.2 Å². The van der Waals surface area contributed by atoms with Crippen molar-refractivity contribution in [3.63, 3.8) is 0 Å². The number of hydrogen-bond acceptors (Lipinski definition) is 8. The molecular weight excluding hydrogens is 565 g/mol. The van der Waals surface area contributed by atoms with E-state index < -0.39 is 11.9 Å². The largest absolute Gasteiger partial charge is 0.473 e. The molecule has 6 rings (SSSR count). The number of halogens is 2. The number of rotatable bonds is 6. The van der Waals surface area contributed by atoms with E-state index in [9.17, 15) is 9.18 Å². The molecule has 9 nitrogen and oxygen atoms in total. The van der Waals surface area contributed by atoms with Crippen LogP contribution < -0.4 is 16.0 Å². The fourth-order valence-corrected chi connectivity index (χ4v) is 6.10. The topological polar surface area (TPSA) is 113 Å². The normalized spacial score (nSPS) is 12.5. The maximum atomic E-state index is 15.0. The Balaban J connectivity index is 1.59. The van der Waals surface area contributed by atoms with Crippen LogP contribution in [-0.2, 0) is 0 Å². The van der Waals surface area contributed by atoms with Crippen molar-refractivity contribution in [1.82, 2.24) is 29.1 Å². The van der Waals surface area contributed by atoms with Crippen molar-refractivity contribution in [3.8, 4) is 28.3 Å². The molecule has 0 saturated carbocycles. The van der Waals surface area contributed by atoms with E-state index in [1.54, 1.807) is 23.9 Å². The van der Waals surface area contributed by atoms with Gasteiger partial charge >= 0.3 is 0 Å². The van der Waals surface area contributed by atoms with E-state index in [4.69, 9.17) is 27.2 Å². The molecule has 12 heteroatoms. The highest BCUT2D eigenvalue weighted by Crippen LogP contribution is 2.37. The number of aromatic nitrogens is 6. The summed E-state index contributed by atoms with van der Waals surface area (Å²) in [6.07, 6.45) is 2.59. The molecule has 208 valence electrons. The van der Waals surface area contributed by atoms with Gasteiger partial charge < -0.3 is 10.5 Å². The molecule has 0 amide bonds. The van der Waals surface area contributed by atoms with E-state index in [-0.39, 0.29) is 23.4 Å². The minimum atomic E-state index is -0.628. The number of anilines is 1. The first-order valence-corrected chi connectivity index (χ1v) is 14.1. The summed E-state index contributed by atoms with van der Waals surface area (Å²) >= 11 is 7.79. The molecule has 41 heavy (non-hydrogen) atoms. The lowest BCUT2D eigenvalue weighted by atomic mass is 9.96. The van der Waals surface area contributed by atoms with Crippen molar-refractivity contribution in [2.45, 2.75) is 39.8 Å². The van der Waals surface area contributed by atoms with E-state index >= 15 is 0 Å². The highest BCUT2D eigenvalue weighted by molar-refractivity contribution is 7.16. The molecule has 2 N–H and O–H groups in total. The second-order valence-corrected chi connectivity index (χ2v) is 11.3. The molecule has 0 aliphatic rings. The van der Waals surface area contributed by atoms with Crippen LogP contribution in [0.1, 0.15) is 37.9 Å². The molecule has 5 heterocycles. The van der Waals surface area contributed by atoms with Gasteiger partial charge in [-0.15, -0.1) is 11.3 Å². The average molecular weight is 590 g/mol. The fourth-order valence-electron chi connectivity index (χ4n) is 4.94. The average Bonchev–Trinajstić information content (AvgIpc) is 3.51.